The highest BCUT2D eigenvalue weighted by Crippen LogP contribution is 2.20. The van der Waals surface area contributed by atoms with E-state index in [0.29, 0.717) is 19.6 Å². The molecule has 0 saturated heterocycles. The molecule has 3 nitrogen and oxygen atoms in total. The summed E-state index contributed by atoms with van der Waals surface area (Å²) in [5, 5.41) is 9.72. The first kappa shape index (κ1) is 15.9. The Kier molecular flexibility index (Phi) is 6.08. The second-order valence-corrected chi connectivity index (χ2v) is 5.56. The molecule has 0 unspecified atom stereocenters. The third-order valence-corrected chi connectivity index (χ3v) is 3.56. The molecule has 0 amide bonds. The first-order valence-corrected chi connectivity index (χ1v) is 7.77. The molecule has 0 heterocycles. The number of halogens is 1. The molecule has 0 aromatic heterocycles. The summed E-state index contributed by atoms with van der Waals surface area (Å²) in [5.41, 5.74) is 0.912. The van der Waals surface area contributed by atoms with Crippen LogP contribution in [0, 0.1) is 0 Å². The van der Waals surface area contributed by atoms with E-state index in [-0.39, 0.29) is 0 Å². The molecule has 112 valence electrons. The maximum atomic E-state index is 9.72. The van der Waals surface area contributed by atoms with Crippen molar-refractivity contribution in [3.8, 4) is 11.5 Å². The Morgan fingerprint density at radius 3 is 2.29 bits per heavy atom. The summed E-state index contributed by atoms with van der Waals surface area (Å²) in [6.07, 6.45) is 0.305. The molecule has 2 rings (SSSR count). The maximum Gasteiger partial charge on any atom is 0.122 e. The molecule has 1 atom stereocenters. The minimum atomic E-state index is -0.404. The number of aliphatic hydroxyl groups excluding tert-OH is 1. The van der Waals surface area contributed by atoms with E-state index in [9.17, 15) is 5.11 Å². The Balaban J connectivity index is 1.76. The first-order chi connectivity index (χ1) is 10.2. The van der Waals surface area contributed by atoms with Gasteiger partial charge in [-0.1, -0.05) is 41.1 Å². The quantitative estimate of drug-likeness (QED) is 0.754. The molecule has 0 saturated carbocycles. The molecule has 0 aliphatic rings. The van der Waals surface area contributed by atoms with Gasteiger partial charge in [-0.25, -0.2) is 0 Å². The third-order valence-electron chi connectivity index (χ3n) is 3.07. The number of hydrogen-bond donors (Lipinski definition) is 1. The van der Waals surface area contributed by atoms with Gasteiger partial charge in [-0.05, 0) is 42.3 Å². The van der Waals surface area contributed by atoms with Crippen molar-refractivity contribution in [2.75, 3.05) is 13.2 Å². The van der Waals surface area contributed by atoms with E-state index < -0.39 is 6.10 Å². The standard InChI is InChI=1S/C17H19BrO3/c1-2-17(19)13-6-8-15(9-7-13)20-10-11-21-16-5-3-4-14(18)12-16/h3-9,12,17,19H,2,10-11H2,1H3/t17-/m0/s1. The summed E-state index contributed by atoms with van der Waals surface area (Å²) in [7, 11) is 0. The minimum absolute atomic E-state index is 0.404. The van der Waals surface area contributed by atoms with Crippen molar-refractivity contribution in [2.24, 2.45) is 0 Å². The molecule has 21 heavy (non-hydrogen) atoms. The van der Waals surface area contributed by atoms with Crippen LogP contribution in [-0.4, -0.2) is 18.3 Å². The van der Waals surface area contributed by atoms with Crippen LogP contribution in [0.2, 0.25) is 0 Å². The van der Waals surface area contributed by atoms with Crippen molar-refractivity contribution >= 4 is 15.9 Å². The first-order valence-electron chi connectivity index (χ1n) is 6.98. The van der Waals surface area contributed by atoms with Gasteiger partial charge < -0.3 is 14.6 Å². The highest BCUT2D eigenvalue weighted by Gasteiger charge is 2.04. The molecule has 2 aromatic rings. The molecule has 0 aliphatic heterocycles. The predicted octanol–water partition coefficient (Wildman–Crippen LogP) is 4.35. The Morgan fingerprint density at radius 2 is 1.67 bits per heavy atom. The molecule has 0 fully saturated rings. The van der Waals surface area contributed by atoms with Gasteiger partial charge >= 0.3 is 0 Å². The Labute approximate surface area is 133 Å². The number of ether oxygens (including phenoxy) is 2. The average Bonchev–Trinajstić information content (AvgIpc) is 2.51. The van der Waals surface area contributed by atoms with Crippen LogP contribution in [0.5, 0.6) is 11.5 Å². The Hall–Kier alpha value is -1.52. The summed E-state index contributed by atoms with van der Waals surface area (Å²) in [6, 6.07) is 15.2. The summed E-state index contributed by atoms with van der Waals surface area (Å²) in [6.45, 7) is 2.91. The van der Waals surface area contributed by atoms with Crippen LogP contribution in [0.4, 0.5) is 0 Å². The SMILES string of the molecule is CC[C@H](O)c1ccc(OCCOc2cccc(Br)c2)cc1. The smallest absolute Gasteiger partial charge is 0.122 e. The fourth-order valence-corrected chi connectivity index (χ4v) is 2.28. The van der Waals surface area contributed by atoms with Crippen molar-refractivity contribution in [3.05, 3.63) is 58.6 Å². The van der Waals surface area contributed by atoms with Gasteiger partial charge in [-0.15, -0.1) is 0 Å². The molecule has 0 radical (unpaired) electrons. The lowest BCUT2D eigenvalue weighted by Crippen LogP contribution is -2.09. The van der Waals surface area contributed by atoms with Crippen molar-refractivity contribution in [1.82, 2.24) is 0 Å². The third kappa shape index (κ3) is 5.06. The van der Waals surface area contributed by atoms with Crippen LogP contribution in [0.1, 0.15) is 25.0 Å². The van der Waals surface area contributed by atoms with Crippen molar-refractivity contribution in [2.45, 2.75) is 19.4 Å². The monoisotopic (exact) mass is 350 g/mol. The number of aliphatic hydroxyl groups is 1. The van der Waals surface area contributed by atoms with E-state index in [1.54, 1.807) is 0 Å². The van der Waals surface area contributed by atoms with E-state index in [4.69, 9.17) is 9.47 Å². The van der Waals surface area contributed by atoms with Gasteiger partial charge in [0.2, 0.25) is 0 Å². The minimum Gasteiger partial charge on any atom is -0.490 e. The van der Waals surface area contributed by atoms with Crippen LogP contribution >= 0.6 is 15.9 Å². The molecule has 2 aromatic carbocycles. The van der Waals surface area contributed by atoms with E-state index >= 15 is 0 Å². The van der Waals surface area contributed by atoms with Gasteiger partial charge in [0.05, 0.1) is 6.10 Å². The lowest BCUT2D eigenvalue weighted by Gasteiger charge is -2.11. The summed E-state index contributed by atoms with van der Waals surface area (Å²) in [5.74, 6) is 1.59. The average molecular weight is 351 g/mol. The fraction of sp³-hybridized carbons (Fsp3) is 0.294. The molecule has 0 bridgehead atoms. The van der Waals surface area contributed by atoms with Gasteiger partial charge in [0.15, 0.2) is 0 Å². The predicted molar refractivity (Wildman–Crippen MR) is 86.8 cm³/mol. The zero-order chi connectivity index (χ0) is 15.1. The topological polar surface area (TPSA) is 38.7 Å². The number of hydrogen-bond acceptors (Lipinski definition) is 3. The lowest BCUT2D eigenvalue weighted by molar-refractivity contribution is 0.173. The van der Waals surface area contributed by atoms with Crippen molar-refractivity contribution < 1.29 is 14.6 Å². The molecule has 0 aliphatic carbocycles. The molecular weight excluding hydrogens is 332 g/mol. The number of benzene rings is 2. The van der Waals surface area contributed by atoms with Crippen LogP contribution in [0.25, 0.3) is 0 Å². The van der Waals surface area contributed by atoms with Crippen LogP contribution < -0.4 is 9.47 Å². The molecular formula is C17H19BrO3. The van der Waals surface area contributed by atoms with Crippen LogP contribution in [0.3, 0.4) is 0 Å². The van der Waals surface area contributed by atoms with Crippen molar-refractivity contribution in [3.63, 3.8) is 0 Å². The lowest BCUT2D eigenvalue weighted by atomic mass is 10.1. The van der Waals surface area contributed by atoms with Gasteiger partial charge in [0.25, 0.3) is 0 Å². The zero-order valence-corrected chi connectivity index (χ0v) is 13.5. The van der Waals surface area contributed by atoms with E-state index in [0.717, 1.165) is 21.5 Å². The Bertz CT molecular complexity index is 554. The zero-order valence-electron chi connectivity index (χ0n) is 12.0. The fourth-order valence-electron chi connectivity index (χ4n) is 1.90. The van der Waals surface area contributed by atoms with Crippen LogP contribution in [-0.2, 0) is 0 Å². The van der Waals surface area contributed by atoms with Gasteiger partial charge in [0.1, 0.15) is 24.7 Å². The summed E-state index contributed by atoms with van der Waals surface area (Å²) in [4.78, 5) is 0. The molecule has 0 spiro atoms. The van der Waals surface area contributed by atoms with E-state index in [1.165, 1.54) is 0 Å². The second kappa shape index (κ2) is 8.05. The second-order valence-electron chi connectivity index (χ2n) is 4.65. The van der Waals surface area contributed by atoms with Crippen LogP contribution in [0.15, 0.2) is 53.0 Å². The van der Waals surface area contributed by atoms with Gasteiger partial charge in [0, 0.05) is 4.47 Å². The normalized spacial score (nSPS) is 12.0. The largest absolute Gasteiger partial charge is 0.490 e. The van der Waals surface area contributed by atoms with E-state index in [1.807, 2.05) is 55.5 Å². The summed E-state index contributed by atoms with van der Waals surface area (Å²) >= 11 is 3.40. The van der Waals surface area contributed by atoms with Crippen molar-refractivity contribution in [1.29, 1.82) is 0 Å². The highest BCUT2D eigenvalue weighted by molar-refractivity contribution is 9.10. The Morgan fingerprint density at radius 1 is 1.00 bits per heavy atom. The maximum absolute atomic E-state index is 9.72. The van der Waals surface area contributed by atoms with E-state index in [2.05, 4.69) is 15.9 Å². The van der Waals surface area contributed by atoms with Gasteiger partial charge in [-0.3, -0.25) is 0 Å². The van der Waals surface area contributed by atoms with Gasteiger partial charge in [-0.2, -0.15) is 0 Å². The molecule has 4 heteroatoms. The molecule has 1 N–H and O–H groups in total. The number of rotatable bonds is 7. The highest BCUT2D eigenvalue weighted by atomic mass is 79.9. The summed E-state index contributed by atoms with van der Waals surface area (Å²) < 4.78 is 12.2.